The summed E-state index contributed by atoms with van der Waals surface area (Å²) in [4.78, 5) is 25.2. The number of nitrogens with zero attached hydrogens (tertiary/aromatic N) is 4. The third kappa shape index (κ3) is 3.32. The summed E-state index contributed by atoms with van der Waals surface area (Å²) < 4.78 is 41.3. The first kappa shape index (κ1) is 20.0. The first-order valence-corrected chi connectivity index (χ1v) is 9.88. The molecule has 0 radical (unpaired) electrons. The van der Waals surface area contributed by atoms with Crippen LogP contribution in [0.15, 0.2) is 36.0 Å². The summed E-state index contributed by atoms with van der Waals surface area (Å²) in [6, 6.07) is 3.50. The Hall–Kier alpha value is -3.27. The maximum atomic E-state index is 13.2. The van der Waals surface area contributed by atoms with Crippen molar-refractivity contribution in [1.82, 2.24) is 19.5 Å². The number of nitrogens with two attached hydrogens (primary N) is 1. The van der Waals surface area contributed by atoms with E-state index in [0.717, 1.165) is 12.1 Å². The summed E-state index contributed by atoms with van der Waals surface area (Å²) in [5, 5.41) is 2.77. The average molecular weight is 431 g/mol. The number of primary amides is 1. The van der Waals surface area contributed by atoms with Crippen LogP contribution in [0, 0.1) is 6.92 Å². The number of thiazole rings is 1. The number of fused-ring (bicyclic) bond motifs is 1. The molecule has 10 heteroatoms. The van der Waals surface area contributed by atoms with Crippen molar-refractivity contribution < 1.29 is 18.0 Å². The van der Waals surface area contributed by atoms with Crippen LogP contribution in [0.5, 0.6) is 0 Å². The zero-order chi connectivity index (χ0) is 21.6. The fraction of sp³-hybridized carbons (Fsp3) is 0.200. The number of benzene rings is 1. The molecule has 0 aliphatic carbocycles. The number of rotatable bonds is 4. The number of carbonyl (C=O) groups is 1. The lowest BCUT2D eigenvalue weighted by atomic mass is 10.1. The summed E-state index contributed by atoms with van der Waals surface area (Å²) in [6.45, 7) is 3.48. The molecule has 3 aromatic heterocycles. The van der Waals surface area contributed by atoms with E-state index in [-0.39, 0.29) is 11.4 Å². The molecule has 0 fully saturated rings. The SMILES string of the molecule is CCc1cn(-c2nc(-c3nccs3)nc(C)c2C(N)=O)c2ccc(C(F)(F)F)cc12. The number of halogens is 3. The average Bonchev–Trinajstić information content (AvgIpc) is 3.34. The summed E-state index contributed by atoms with van der Waals surface area (Å²) in [6.07, 6.45) is -0.659. The van der Waals surface area contributed by atoms with Crippen LogP contribution < -0.4 is 5.73 Å². The molecule has 4 aromatic rings. The molecule has 3 heterocycles. The Kier molecular flexibility index (Phi) is 4.81. The Morgan fingerprint density at radius 2 is 2.03 bits per heavy atom. The fourth-order valence-corrected chi connectivity index (χ4v) is 3.95. The third-order valence-corrected chi connectivity index (χ3v) is 5.53. The van der Waals surface area contributed by atoms with E-state index in [1.807, 2.05) is 6.92 Å². The number of aromatic nitrogens is 4. The Balaban J connectivity index is 2.03. The second-order valence-corrected chi connectivity index (χ2v) is 7.53. The smallest absolute Gasteiger partial charge is 0.365 e. The van der Waals surface area contributed by atoms with Crippen molar-refractivity contribution in [3.8, 4) is 16.6 Å². The monoisotopic (exact) mass is 431 g/mol. The van der Waals surface area contributed by atoms with E-state index in [4.69, 9.17) is 5.73 Å². The third-order valence-electron chi connectivity index (χ3n) is 4.76. The quantitative estimate of drug-likeness (QED) is 0.514. The van der Waals surface area contributed by atoms with Crippen molar-refractivity contribution >= 4 is 28.1 Å². The highest BCUT2D eigenvalue weighted by molar-refractivity contribution is 7.13. The van der Waals surface area contributed by atoms with Gasteiger partial charge in [-0.25, -0.2) is 15.0 Å². The summed E-state index contributed by atoms with van der Waals surface area (Å²) >= 11 is 1.33. The number of hydrogen-bond acceptors (Lipinski definition) is 5. The second kappa shape index (κ2) is 7.21. The van der Waals surface area contributed by atoms with Crippen LogP contribution >= 0.6 is 11.3 Å². The molecule has 1 amide bonds. The molecule has 0 spiro atoms. The van der Waals surface area contributed by atoms with Crippen molar-refractivity contribution in [1.29, 1.82) is 0 Å². The maximum Gasteiger partial charge on any atom is 0.416 e. The molecule has 0 atom stereocenters. The zero-order valence-electron chi connectivity index (χ0n) is 16.0. The van der Waals surface area contributed by atoms with Crippen molar-refractivity contribution in [3.05, 3.63) is 58.4 Å². The van der Waals surface area contributed by atoms with Crippen molar-refractivity contribution in [2.75, 3.05) is 0 Å². The van der Waals surface area contributed by atoms with Crippen LogP contribution in [0.2, 0.25) is 0 Å². The van der Waals surface area contributed by atoms with E-state index < -0.39 is 17.6 Å². The van der Waals surface area contributed by atoms with Crippen LogP contribution in [0.4, 0.5) is 13.2 Å². The molecule has 0 aliphatic heterocycles. The van der Waals surface area contributed by atoms with Crippen LogP contribution in [0.25, 0.3) is 27.6 Å². The molecule has 4 rings (SSSR count). The summed E-state index contributed by atoms with van der Waals surface area (Å²) in [7, 11) is 0. The van der Waals surface area contributed by atoms with Gasteiger partial charge in [0, 0.05) is 23.2 Å². The Bertz CT molecular complexity index is 1260. The van der Waals surface area contributed by atoms with Crippen LogP contribution in [-0.4, -0.2) is 25.4 Å². The maximum absolute atomic E-state index is 13.2. The van der Waals surface area contributed by atoms with E-state index in [0.29, 0.717) is 39.4 Å². The van der Waals surface area contributed by atoms with Crippen LogP contribution in [-0.2, 0) is 12.6 Å². The number of aryl methyl sites for hydroxylation is 2. The molecule has 6 nitrogen and oxygen atoms in total. The van der Waals surface area contributed by atoms with Gasteiger partial charge in [0.15, 0.2) is 16.6 Å². The first-order chi connectivity index (χ1) is 14.2. The fourth-order valence-electron chi connectivity index (χ4n) is 3.38. The van der Waals surface area contributed by atoms with Crippen molar-refractivity contribution in [2.24, 2.45) is 5.73 Å². The highest BCUT2D eigenvalue weighted by Crippen LogP contribution is 2.35. The predicted octanol–water partition coefficient (Wildman–Crippen LogP) is 4.53. The number of hydrogen-bond donors (Lipinski definition) is 1. The molecule has 0 aliphatic rings. The van der Waals surface area contributed by atoms with Gasteiger partial charge in [0.1, 0.15) is 5.56 Å². The topological polar surface area (TPSA) is 86.7 Å². The van der Waals surface area contributed by atoms with Gasteiger partial charge in [-0.3, -0.25) is 4.79 Å². The van der Waals surface area contributed by atoms with Crippen LogP contribution in [0.1, 0.15) is 34.1 Å². The van der Waals surface area contributed by atoms with Gasteiger partial charge in [-0.1, -0.05) is 6.92 Å². The van der Waals surface area contributed by atoms with Crippen LogP contribution in [0.3, 0.4) is 0 Å². The first-order valence-electron chi connectivity index (χ1n) is 9.00. The molecule has 0 saturated heterocycles. The zero-order valence-corrected chi connectivity index (χ0v) is 16.8. The molecule has 30 heavy (non-hydrogen) atoms. The van der Waals surface area contributed by atoms with E-state index in [1.54, 1.807) is 29.3 Å². The van der Waals surface area contributed by atoms with Gasteiger partial charge in [-0.15, -0.1) is 11.3 Å². The second-order valence-electron chi connectivity index (χ2n) is 6.64. The van der Waals surface area contributed by atoms with E-state index in [9.17, 15) is 18.0 Å². The Morgan fingerprint density at radius 3 is 2.63 bits per heavy atom. The number of carbonyl (C=O) groups excluding carboxylic acids is 1. The standard InChI is InChI=1S/C20H16F3N5OS/c1-3-11-9-28(14-5-4-12(8-13(11)14)20(21,22)23)18-15(16(24)29)10(2)26-17(27-18)19-25-6-7-30-19/h4-9H,3H2,1-2H3,(H2,24,29). The Morgan fingerprint density at radius 1 is 1.27 bits per heavy atom. The summed E-state index contributed by atoms with van der Waals surface area (Å²) in [5.74, 6) is -0.195. The van der Waals surface area contributed by atoms with Gasteiger partial charge in [-0.05, 0) is 37.1 Å². The molecule has 2 N–H and O–H groups in total. The van der Waals surface area contributed by atoms with Gasteiger partial charge in [-0.2, -0.15) is 13.2 Å². The molecular formula is C20H16F3N5OS. The summed E-state index contributed by atoms with van der Waals surface area (Å²) in [5.41, 5.74) is 6.51. The van der Waals surface area contributed by atoms with Gasteiger partial charge in [0.2, 0.25) is 0 Å². The molecule has 154 valence electrons. The molecule has 0 saturated carbocycles. The van der Waals surface area contributed by atoms with E-state index >= 15 is 0 Å². The minimum atomic E-state index is -4.46. The number of alkyl halides is 3. The lowest BCUT2D eigenvalue weighted by Gasteiger charge is -2.13. The molecule has 1 aromatic carbocycles. The lowest BCUT2D eigenvalue weighted by Crippen LogP contribution is -2.19. The van der Waals surface area contributed by atoms with Gasteiger partial charge < -0.3 is 10.3 Å². The molecule has 0 bridgehead atoms. The van der Waals surface area contributed by atoms with E-state index in [1.165, 1.54) is 17.4 Å². The van der Waals surface area contributed by atoms with Crippen molar-refractivity contribution in [2.45, 2.75) is 26.4 Å². The highest BCUT2D eigenvalue weighted by Gasteiger charge is 2.31. The number of amides is 1. The van der Waals surface area contributed by atoms with E-state index in [2.05, 4.69) is 15.0 Å². The largest absolute Gasteiger partial charge is 0.416 e. The highest BCUT2D eigenvalue weighted by atomic mass is 32.1. The van der Waals surface area contributed by atoms with Gasteiger partial charge >= 0.3 is 6.18 Å². The molecule has 0 unspecified atom stereocenters. The molecular weight excluding hydrogens is 415 g/mol. The normalized spacial score (nSPS) is 11.9. The Labute approximate surface area is 173 Å². The van der Waals surface area contributed by atoms with Gasteiger partial charge in [0.05, 0.1) is 16.8 Å². The van der Waals surface area contributed by atoms with Gasteiger partial charge in [0.25, 0.3) is 5.91 Å². The minimum absolute atomic E-state index is 0.106. The lowest BCUT2D eigenvalue weighted by molar-refractivity contribution is -0.137. The minimum Gasteiger partial charge on any atom is -0.365 e. The predicted molar refractivity (Wildman–Crippen MR) is 108 cm³/mol. The van der Waals surface area contributed by atoms with Crippen molar-refractivity contribution in [3.63, 3.8) is 0 Å².